The molecule has 0 unspecified atom stereocenters. The Balaban J connectivity index is 1.81. The van der Waals surface area contributed by atoms with Crippen LogP contribution in [0, 0.1) is 28.6 Å². The van der Waals surface area contributed by atoms with Gasteiger partial charge in [-0.3, -0.25) is 0 Å². The number of hydrogen-bond acceptors (Lipinski definition) is 2. The highest BCUT2D eigenvalue weighted by Crippen LogP contribution is 2.71. The number of rotatable bonds is 4. The molecule has 2 nitrogen and oxygen atoms in total. The molecule has 0 heterocycles. The number of fused-ring (bicyclic) bond motifs is 1. The second kappa shape index (κ2) is 4.96. The molecule has 0 aliphatic heterocycles. The second-order valence-corrected chi connectivity index (χ2v) is 9.00. The fraction of sp³-hybridized carbons (Fsp3) is 1.00. The average Bonchev–Trinajstić information content (AvgIpc) is 2.72. The molecule has 122 valence electrons. The van der Waals surface area contributed by atoms with Gasteiger partial charge in [-0.25, -0.2) is 0 Å². The zero-order chi connectivity index (χ0) is 15.5. The minimum atomic E-state index is -0.436. The van der Waals surface area contributed by atoms with Gasteiger partial charge in [-0.05, 0) is 81.5 Å². The van der Waals surface area contributed by atoms with Crippen molar-refractivity contribution >= 4 is 0 Å². The number of ether oxygens (including phenoxy) is 2. The van der Waals surface area contributed by atoms with E-state index in [1.165, 1.54) is 32.1 Å². The van der Waals surface area contributed by atoms with E-state index in [4.69, 9.17) is 9.47 Å². The van der Waals surface area contributed by atoms with Crippen LogP contribution in [0.2, 0.25) is 0 Å². The lowest BCUT2D eigenvalue weighted by atomic mass is 9.66. The highest BCUT2D eigenvalue weighted by Gasteiger charge is 2.65. The van der Waals surface area contributed by atoms with Crippen molar-refractivity contribution in [3.05, 3.63) is 0 Å². The molecule has 21 heavy (non-hydrogen) atoms. The first-order valence-corrected chi connectivity index (χ1v) is 9.03. The molecule has 3 saturated carbocycles. The molecule has 0 N–H and O–H groups in total. The van der Waals surface area contributed by atoms with E-state index < -0.39 is 5.79 Å². The van der Waals surface area contributed by atoms with Crippen molar-refractivity contribution in [1.29, 1.82) is 0 Å². The Bertz CT molecular complexity index is 400. The minimum Gasteiger partial charge on any atom is -0.351 e. The Labute approximate surface area is 131 Å². The first-order chi connectivity index (χ1) is 9.71. The van der Waals surface area contributed by atoms with Gasteiger partial charge in [0.1, 0.15) is 0 Å². The summed E-state index contributed by atoms with van der Waals surface area (Å²) in [6, 6.07) is 0. The molecule has 2 heteroatoms. The maximum absolute atomic E-state index is 6.42. The van der Waals surface area contributed by atoms with Crippen LogP contribution in [0.25, 0.3) is 0 Å². The van der Waals surface area contributed by atoms with Crippen LogP contribution in [0.4, 0.5) is 0 Å². The summed E-state index contributed by atoms with van der Waals surface area (Å²) < 4.78 is 12.2. The summed E-state index contributed by atoms with van der Waals surface area (Å²) in [4.78, 5) is 0. The van der Waals surface area contributed by atoms with Gasteiger partial charge in [0.05, 0.1) is 6.10 Å². The van der Waals surface area contributed by atoms with Gasteiger partial charge in [0.15, 0.2) is 5.79 Å². The van der Waals surface area contributed by atoms with E-state index in [2.05, 4.69) is 34.6 Å². The smallest absolute Gasteiger partial charge is 0.163 e. The van der Waals surface area contributed by atoms with Gasteiger partial charge in [0, 0.05) is 6.61 Å². The molecular weight excluding hydrogens is 260 g/mol. The van der Waals surface area contributed by atoms with Crippen LogP contribution in [-0.4, -0.2) is 18.5 Å². The molecular formula is C19H34O2. The van der Waals surface area contributed by atoms with E-state index in [1.54, 1.807) is 0 Å². The van der Waals surface area contributed by atoms with Gasteiger partial charge in [-0.2, -0.15) is 0 Å². The molecule has 3 aliphatic carbocycles. The Morgan fingerprint density at radius 2 is 1.86 bits per heavy atom. The van der Waals surface area contributed by atoms with Crippen molar-refractivity contribution in [1.82, 2.24) is 0 Å². The quantitative estimate of drug-likeness (QED) is 0.678. The van der Waals surface area contributed by atoms with Gasteiger partial charge in [0.2, 0.25) is 0 Å². The summed E-state index contributed by atoms with van der Waals surface area (Å²) in [6.45, 7) is 14.5. The molecule has 3 fully saturated rings. The third-order valence-electron chi connectivity index (χ3n) is 7.24. The fourth-order valence-corrected chi connectivity index (χ4v) is 6.31. The van der Waals surface area contributed by atoms with Crippen LogP contribution in [0.15, 0.2) is 0 Å². The lowest BCUT2D eigenvalue weighted by Crippen LogP contribution is -2.41. The van der Waals surface area contributed by atoms with E-state index in [0.29, 0.717) is 16.9 Å². The monoisotopic (exact) mass is 294 g/mol. The SMILES string of the molecule is CCOC(C)(C)O[C@@H]1C[C@@H]2C[C@@]3(C1)[C@H](C)CC[C@H]3C2(C)C. The van der Waals surface area contributed by atoms with Gasteiger partial charge in [-0.1, -0.05) is 20.8 Å². The third kappa shape index (κ3) is 2.37. The van der Waals surface area contributed by atoms with Gasteiger partial charge >= 0.3 is 0 Å². The molecule has 0 aromatic heterocycles. The minimum absolute atomic E-state index is 0.384. The summed E-state index contributed by atoms with van der Waals surface area (Å²) in [5.74, 6) is 2.18. The van der Waals surface area contributed by atoms with Crippen LogP contribution in [-0.2, 0) is 9.47 Å². The molecule has 3 rings (SSSR count). The normalized spacial score (nSPS) is 44.9. The van der Waals surface area contributed by atoms with Crippen molar-refractivity contribution in [3.63, 3.8) is 0 Å². The maximum atomic E-state index is 6.42. The summed E-state index contributed by atoms with van der Waals surface area (Å²) in [5.41, 5.74) is 1.05. The van der Waals surface area contributed by atoms with E-state index in [0.717, 1.165) is 24.4 Å². The zero-order valence-electron chi connectivity index (χ0n) is 14.9. The molecule has 0 aromatic rings. The highest BCUT2D eigenvalue weighted by molar-refractivity contribution is 5.14. The lowest BCUT2D eigenvalue weighted by molar-refractivity contribution is -0.247. The van der Waals surface area contributed by atoms with Gasteiger partial charge in [0.25, 0.3) is 0 Å². The molecule has 5 atom stereocenters. The standard InChI is InChI=1S/C19H34O2/c1-7-20-18(5,6)21-15-10-14-11-19(12-15)13(2)8-9-16(19)17(14,3)4/h13-16H,7-12H2,1-6H3/t13-,14-,15-,16+,19-/m1/s1. The first kappa shape index (κ1) is 15.8. The fourth-order valence-electron chi connectivity index (χ4n) is 6.31. The highest BCUT2D eigenvalue weighted by atomic mass is 16.7. The van der Waals surface area contributed by atoms with E-state index in [9.17, 15) is 0 Å². The Morgan fingerprint density at radius 1 is 1.14 bits per heavy atom. The summed E-state index contributed by atoms with van der Waals surface area (Å²) >= 11 is 0. The average molecular weight is 294 g/mol. The topological polar surface area (TPSA) is 18.5 Å². The van der Waals surface area contributed by atoms with Crippen LogP contribution in [0.5, 0.6) is 0 Å². The lowest BCUT2D eigenvalue weighted by Gasteiger charge is -2.43. The van der Waals surface area contributed by atoms with E-state index >= 15 is 0 Å². The molecule has 3 aliphatic rings. The van der Waals surface area contributed by atoms with Crippen molar-refractivity contribution in [2.24, 2.45) is 28.6 Å². The summed E-state index contributed by atoms with van der Waals surface area (Å²) in [5, 5.41) is 0. The predicted molar refractivity (Wildman–Crippen MR) is 86.0 cm³/mol. The largest absolute Gasteiger partial charge is 0.351 e. The van der Waals surface area contributed by atoms with E-state index in [-0.39, 0.29) is 0 Å². The molecule has 2 bridgehead atoms. The maximum Gasteiger partial charge on any atom is 0.163 e. The van der Waals surface area contributed by atoms with Crippen LogP contribution >= 0.6 is 0 Å². The third-order valence-corrected chi connectivity index (χ3v) is 7.24. The van der Waals surface area contributed by atoms with Crippen LogP contribution in [0.3, 0.4) is 0 Å². The molecule has 0 aromatic carbocycles. The first-order valence-electron chi connectivity index (χ1n) is 9.03. The van der Waals surface area contributed by atoms with Gasteiger partial charge < -0.3 is 9.47 Å². The Morgan fingerprint density at radius 3 is 2.52 bits per heavy atom. The number of hydrogen-bond donors (Lipinski definition) is 0. The van der Waals surface area contributed by atoms with Crippen molar-refractivity contribution in [2.45, 2.75) is 85.5 Å². The Kier molecular flexibility index (Phi) is 3.73. The van der Waals surface area contributed by atoms with Crippen molar-refractivity contribution < 1.29 is 9.47 Å². The molecule has 1 spiro atoms. The van der Waals surface area contributed by atoms with Crippen molar-refractivity contribution in [2.75, 3.05) is 6.61 Å². The van der Waals surface area contributed by atoms with Gasteiger partial charge in [-0.15, -0.1) is 0 Å². The van der Waals surface area contributed by atoms with Crippen LogP contribution < -0.4 is 0 Å². The molecule has 0 amide bonds. The van der Waals surface area contributed by atoms with Crippen molar-refractivity contribution in [3.8, 4) is 0 Å². The van der Waals surface area contributed by atoms with Crippen LogP contribution in [0.1, 0.15) is 73.6 Å². The summed E-state index contributed by atoms with van der Waals surface area (Å²) in [7, 11) is 0. The predicted octanol–water partition coefficient (Wildman–Crippen LogP) is 5.02. The van der Waals surface area contributed by atoms with E-state index in [1.807, 2.05) is 6.92 Å². The Hall–Kier alpha value is -0.0800. The zero-order valence-corrected chi connectivity index (χ0v) is 14.9. The molecule has 0 radical (unpaired) electrons. The molecule has 0 saturated heterocycles. The summed E-state index contributed by atoms with van der Waals surface area (Å²) in [6.07, 6.45) is 7.18. The second-order valence-electron chi connectivity index (χ2n) is 9.00.